The first-order valence-corrected chi connectivity index (χ1v) is 7.86. The number of hydrogen-bond donors (Lipinski definition) is 1. The lowest BCUT2D eigenvalue weighted by Crippen LogP contribution is -1.97. The summed E-state index contributed by atoms with van der Waals surface area (Å²) in [5.74, 6) is 0.916. The number of nitrogens with one attached hydrogen (secondary N) is 1. The fraction of sp³-hybridized carbons (Fsp3) is 0.316. The molecule has 0 saturated heterocycles. The van der Waals surface area contributed by atoms with E-state index in [0.29, 0.717) is 0 Å². The minimum atomic E-state index is 0.788. The van der Waals surface area contributed by atoms with Gasteiger partial charge in [0.05, 0.1) is 18.5 Å². The molecule has 0 aliphatic carbocycles. The maximum Gasteiger partial charge on any atom is 0.119 e. The van der Waals surface area contributed by atoms with Gasteiger partial charge in [0.25, 0.3) is 0 Å². The Balaban J connectivity index is 1.80. The van der Waals surface area contributed by atoms with Crippen LogP contribution in [0.1, 0.15) is 37.3 Å². The highest BCUT2D eigenvalue weighted by Gasteiger charge is 1.94. The van der Waals surface area contributed by atoms with Crippen LogP contribution in [0.2, 0.25) is 0 Å². The molecular weight excluding hydrogens is 272 g/mol. The van der Waals surface area contributed by atoms with Crippen LogP contribution in [0.25, 0.3) is 0 Å². The van der Waals surface area contributed by atoms with E-state index in [2.05, 4.69) is 36.5 Å². The molecule has 0 heterocycles. The van der Waals surface area contributed by atoms with Crippen LogP contribution >= 0.6 is 0 Å². The molecule has 0 aliphatic rings. The second kappa shape index (κ2) is 8.88. The SMILES string of the molecule is CCCCCOc1ccc(/C=N/Nc2ccc(C)cc2)cc1. The number of benzene rings is 2. The van der Waals surface area contributed by atoms with E-state index in [0.717, 1.165) is 30.0 Å². The summed E-state index contributed by atoms with van der Waals surface area (Å²) in [7, 11) is 0. The van der Waals surface area contributed by atoms with Gasteiger partial charge >= 0.3 is 0 Å². The van der Waals surface area contributed by atoms with Crippen LogP contribution < -0.4 is 10.2 Å². The third-order valence-electron chi connectivity index (χ3n) is 3.36. The van der Waals surface area contributed by atoms with E-state index in [9.17, 15) is 0 Å². The van der Waals surface area contributed by atoms with Crippen molar-refractivity contribution in [2.24, 2.45) is 5.10 Å². The molecule has 0 fully saturated rings. The standard InChI is InChI=1S/C19H24N2O/c1-3-4-5-14-22-19-12-8-17(9-13-19)15-20-21-18-10-6-16(2)7-11-18/h6-13,15,21H,3-5,14H2,1-2H3/b20-15+. The molecule has 0 saturated carbocycles. The normalized spacial score (nSPS) is 10.8. The van der Waals surface area contributed by atoms with E-state index in [4.69, 9.17) is 4.74 Å². The highest BCUT2D eigenvalue weighted by atomic mass is 16.5. The van der Waals surface area contributed by atoms with Gasteiger partial charge in [0.2, 0.25) is 0 Å². The van der Waals surface area contributed by atoms with Crippen molar-refractivity contribution in [2.75, 3.05) is 12.0 Å². The summed E-state index contributed by atoms with van der Waals surface area (Å²) in [6.45, 7) is 5.05. The van der Waals surface area contributed by atoms with Gasteiger partial charge in [-0.05, 0) is 55.3 Å². The molecule has 3 heteroatoms. The Morgan fingerprint density at radius 1 is 1.00 bits per heavy atom. The zero-order valence-corrected chi connectivity index (χ0v) is 13.4. The van der Waals surface area contributed by atoms with Crippen molar-refractivity contribution in [3.05, 3.63) is 59.7 Å². The van der Waals surface area contributed by atoms with Gasteiger partial charge in [-0.1, -0.05) is 37.5 Å². The predicted octanol–water partition coefficient (Wildman–Crippen LogP) is 5.01. The molecular formula is C19H24N2O. The van der Waals surface area contributed by atoms with E-state index in [-0.39, 0.29) is 0 Å². The fourth-order valence-electron chi connectivity index (χ4n) is 2.00. The van der Waals surface area contributed by atoms with Crippen LogP contribution in [0.5, 0.6) is 5.75 Å². The monoisotopic (exact) mass is 296 g/mol. The minimum Gasteiger partial charge on any atom is -0.494 e. The first-order valence-electron chi connectivity index (χ1n) is 7.86. The van der Waals surface area contributed by atoms with Crippen molar-refractivity contribution in [3.8, 4) is 5.75 Å². The van der Waals surface area contributed by atoms with Crippen molar-refractivity contribution < 1.29 is 4.74 Å². The zero-order valence-electron chi connectivity index (χ0n) is 13.4. The molecule has 2 aromatic carbocycles. The Bertz CT molecular complexity index is 573. The number of ether oxygens (including phenoxy) is 1. The topological polar surface area (TPSA) is 33.6 Å². The molecule has 0 amide bonds. The Labute approximate surface area is 133 Å². The van der Waals surface area contributed by atoms with Gasteiger partial charge in [0.1, 0.15) is 5.75 Å². The molecule has 0 aliphatic heterocycles. The van der Waals surface area contributed by atoms with Crippen LogP contribution in [-0.4, -0.2) is 12.8 Å². The summed E-state index contributed by atoms with van der Waals surface area (Å²) in [5, 5.41) is 4.24. The first kappa shape index (κ1) is 16.1. The van der Waals surface area contributed by atoms with E-state index >= 15 is 0 Å². The number of anilines is 1. The maximum absolute atomic E-state index is 5.69. The summed E-state index contributed by atoms with van der Waals surface area (Å²) in [4.78, 5) is 0. The fourth-order valence-corrected chi connectivity index (χ4v) is 2.00. The summed E-state index contributed by atoms with van der Waals surface area (Å²) >= 11 is 0. The van der Waals surface area contributed by atoms with Crippen LogP contribution in [0.3, 0.4) is 0 Å². The van der Waals surface area contributed by atoms with Crippen molar-refractivity contribution in [1.29, 1.82) is 0 Å². The summed E-state index contributed by atoms with van der Waals surface area (Å²) in [6.07, 6.45) is 5.35. The molecule has 2 rings (SSSR count). The van der Waals surface area contributed by atoms with E-state index in [1.54, 1.807) is 6.21 Å². The van der Waals surface area contributed by atoms with Gasteiger partial charge in [0, 0.05) is 0 Å². The molecule has 0 bridgehead atoms. The van der Waals surface area contributed by atoms with Gasteiger partial charge in [-0.15, -0.1) is 0 Å². The Kier molecular flexibility index (Phi) is 6.49. The molecule has 3 nitrogen and oxygen atoms in total. The molecule has 0 radical (unpaired) electrons. The van der Waals surface area contributed by atoms with Crippen LogP contribution in [0.15, 0.2) is 53.6 Å². The van der Waals surface area contributed by atoms with Crippen LogP contribution in [0.4, 0.5) is 5.69 Å². The number of unbranched alkanes of at least 4 members (excludes halogenated alkanes) is 2. The van der Waals surface area contributed by atoms with Crippen molar-refractivity contribution in [3.63, 3.8) is 0 Å². The summed E-state index contributed by atoms with van der Waals surface area (Å²) < 4.78 is 5.69. The average Bonchev–Trinajstić information content (AvgIpc) is 2.55. The average molecular weight is 296 g/mol. The Hall–Kier alpha value is -2.29. The van der Waals surface area contributed by atoms with Crippen molar-refractivity contribution in [2.45, 2.75) is 33.1 Å². The molecule has 2 aromatic rings. The smallest absolute Gasteiger partial charge is 0.119 e. The summed E-state index contributed by atoms with van der Waals surface area (Å²) in [5.41, 5.74) is 6.29. The van der Waals surface area contributed by atoms with E-state index < -0.39 is 0 Å². The predicted molar refractivity (Wildman–Crippen MR) is 93.9 cm³/mol. The lowest BCUT2D eigenvalue weighted by Gasteiger charge is -2.05. The maximum atomic E-state index is 5.69. The number of rotatable bonds is 8. The van der Waals surface area contributed by atoms with Crippen molar-refractivity contribution in [1.82, 2.24) is 0 Å². The summed E-state index contributed by atoms with van der Waals surface area (Å²) in [6, 6.07) is 16.1. The molecule has 116 valence electrons. The molecule has 22 heavy (non-hydrogen) atoms. The second-order valence-corrected chi connectivity index (χ2v) is 5.36. The van der Waals surface area contributed by atoms with Gasteiger partial charge in [-0.25, -0.2) is 0 Å². The quantitative estimate of drug-likeness (QED) is 0.422. The van der Waals surface area contributed by atoms with Gasteiger partial charge < -0.3 is 4.74 Å². The number of nitrogens with zero attached hydrogens (tertiary/aromatic N) is 1. The second-order valence-electron chi connectivity index (χ2n) is 5.36. The molecule has 0 aromatic heterocycles. The van der Waals surface area contributed by atoms with E-state index in [1.807, 2.05) is 36.4 Å². The minimum absolute atomic E-state index is 0.788. The highest BCUT2D eigenvalue weighted by molar-refractivity contribution is 5.80. The Morgan fingerprint density at radius 2 is 1.73 bits per heavy atom. The molecule has 0 unspecified atom stereocenters. The largest absolute Gasteiger partial charge is 0.494 e. The Morgan fingerprint density at radius 3 is 2.41 bits per heavy atom. The molecule has 0 atom stereocenters. The highest BCUT2D eigenvalue weighted by Crippen LogP contribution is 2.12. The van der Waals surface area contributed by atoms with Crippen LogP contribution in [0, 0.1) is 6.92 Å². The first-order chi connectivity index (χ1) is 10.8. The van der Waals surface area contributed by atoms with Gasteiger partial charge in [0.15, 0.2) is 0 Å². The zero-order chi connectivity index (χ0) is 15.6. The van der Waals surface area contributed by atoms with Crippen LogP contribution in [-0.2, 0) is 0 Å². The number of hydrazone groups is 1. The van der Waals surface area contributed by atoms with E-state index in [1.165, 1.54) is 18.4 Å². The number of hydrogen-bond acceptors (Lipinski definition) is 3. The lowest BCUT2D eigenvalue weighted by molar-refractivity contribution is 0.306. The molecule has 0 spiro atoms. The number of aryl methyl sites for hydroxylation is 1. The molecule has 1 N–H and O–H groups in total. The lowest BCUT2D eigenvalue weighted by atomic mass is 10.2. The third-order valence-corrected chi connectivity index (χ3v) is 3.36. The van der Waals surface area contributed by atoms with Crippen molar-refractivity contribution >= 4 is 11.9 Å². The van der Waals surface area contributed by atoms with Gasteiger partial charge in [-0.3, -0.25) is 5.43 Å². The third kappa shape index (κ3) is 5.60. The van der Waals surface area contributed by atoms with Gasteiger partial charge in [-0.2, -0.15) is 5.10 Å².